The third-order valence-electron chi connectivity index (χ3n) is 4.92. The van der Waals surface area contributed by atoms with Crippen molar-refractivity contribution in [3.8, 4) is 0 Å². The van der Waals surface area contributed by atoms with Crippen molar-refractivity contribution in [2.75, 3.05) is 26.7 Å². The number of rotatable bonds is 2. The van der Waals surface area contributed by atoms with E-state index >= 15 is 0 Å². The third kappa shape index (κ3) is 2.57. The van der Waals surface area contributed by atoms with Crippen LogP contribution in [0.5, 0.6) is 0 Å². The molecule has 0 aromatic carbocycles. The first-order valence-corrected chi connectivity index (χ1v) is 7.56. The normalized spacial score (nSPS) is 28.1. The summed E-state index contributed by atoms with van der Waals surface area (Å²) in [7, 11) is 1.94. The van der Waals surface area contributed by atoms with Crippen molar-refractivity contribution < 1.29 is 4.79 Å². The molecule has 2 fully saturated rings. The Morgan fingerprint density at radius 2 is 1.90 bits per heavy atom. The van der Waals surface area contributed by atoms with E-state index in [0.717, 1.165) is 51.9 Å². The van der Waals surface area contributed by atoms with Crippen LogP contribution in [0.2, 0.25) is 0 Å². The lowest BCUT2D eigenvalue weighted by molar-refractivity contribution is -0.135. The molecular formula is C16H23N3O. The van der Waals surface area contributed by atoms with Crippen LogP contribution in [-0.2, 0) is 11.3 Å². The molecule has 2 saturated heterocycles. The molecule has 2 aliphatic rings. The molecule has 2 aliphatic heterocycles. The van der Waals surface area contributed by atoms with Crippen molar-refractivity contribution in [3.05, 3.63) is 30.1 Å². The SMILES string of the molecule is CN1CCC2(CCCN(Cc3ccncc3)CC2)C1=O. The van der Waals surface area contributed by atoms with Crippen LogP contribution in [0.25, 0.3) is 0 Å². The molecule has 4 heteroatoms. The van der Waals surface area contributed by atoms with Gasteiger partial charge < -0.3 is 4.90 Å². The summed E-state index contributed by atoms with van der Waals surface area (Å²) in [4.78, 5) is 20.9. The topological polar surface area (TPSA) is 36.4 Å². The maximum absolute atomic E-state index is 12.4. The van der Waals surface area contributed by atoms with Gasteiger partial charge in [-0.25, -0.2) is 0 Å². The summed E-state index contributed by atoms with van der Waals surface area (Å²) in [6.45, 7) is 4.04. The van der Waals surface area contributed by atoms with Gasteiger partial charge in [0.25, 0.3) is 0 Å². The zero-order valence-electron chi connectivity index (χ0n) is 12.2. The van der Waals surface area contributed by atoms with Crippen molar-refractivity contribution in [2.24, 2.45) is 5.41 Å². The zero-order chi connectivity index (χ0) is 14.0. The van der Waals surface area contributed by atoms with Crippen LogP contribution >= 0.6 is 0 Å². The van der Waals surface area contributed by atoms with Gasteiger partial charge in [-0.1, -0.05) is 0 Å². The number of nitrogens with zero attached hydrogens (tertiary/aromatic N) is 3. The fourth-order valence-electron chi connectivity index (χ4n) is 3.61. The highest BCUT2D eigenvalue weighted by Gasteiger charge is 2.45. The van der Waals surface area contributed by atoms with Crippen molar-refractivity contribution in [2.45, 2.75) is 32.2 Å². The molecule has 0 aliphatic carbocycles. The summed E-state index contributed by atoms with van der Waals surface area (Å²) in [6.07, 6.45) is 7.95. The molecule has 1 spiro atoms. The van der Waals surface area contributed by atoms with Crippen LogP contribution in [0.1, 0.15) is 31.2 Å². The molecule has 0 bridgehead atoms. The Kier molecular flexibility index (Phi) is 3.74. The lowest BCUT2D eigenvalue weighted by atomic mass is 9.79. The van der Waals surface area contributed by atoms with E-state index in [9.17, 15) is 4.79 Å². The molecular weight excluding hydrogens is 250 g/mol. The van der Waals surface area contributed by atoms with Crippen LogP contribution in [0.15, 0.2) is 24.5 Å². The molecule has 3 heterocycles. The summed E-state index contributed by atoms with van der Waals surface area (Å²) in [5.41, 5.74) is 1.26. The Balaban J connectivity index is 1.64. The molecule has 1 amide bonds. The summed E-state index contributed by atoms with van der Waals surface area (Å²) in [5.74, 6) is 0.378. The van der Waals surface area contributed by atoms with E-state index in [1.54, 1.807) is 0 Å². The van der Waals surface area contributed by atoms with Crippen LogP contribution < -0.4 is 0 Å². The zero-order valence-corrected chi connectivity index (χ0v) is 12.2. The predicted octanol–water partition coefficient (Wildman–Crippen LogP) is 1.92. The first-order chi connectivity index (χ1) is 9.70. The Morgan fingerprint density at radius 3 is 2.60 bits per heavy atom. The van der Waals surface area contributed by atoms with Gasteiger partial charge in [-0.15, -0.1) is 0 Å². The van der Waals surface area contributed by atoms with Crippen LogP contribution in [0, 0.1) is 5.41 Å². The van der Waals surface area contributed by atoms with Gasteiger partial charge in [-0.05, 0) is 56.5 Å². The van der Waals surface area contributed by atoms with Crippen LogP contribution in [0.4, 0.5) is 0 Å². The van der Waals surface area contributed by atoms with Crippen molar-refractivity contribution in [1.29, 1.82) is 0 Å². The van der Waals surface area contributed by atoms with Crippen LogP contribution in [-0.4, -0.2) is 47.4 Å². The monoisotopic (exact) mass is 273 g/mol. The quantitative estimate of drug-likeness (QED) is 0.826. The maximum Gasteiger partial charge on any atom is 0.228 e. The fraction of sp³-hybridized carbons (Fsp3) is 0.625. The molecule has 108 valence electrons. The average Bonchev–Trinajstić information content (AvgIpc) is 2.66. The molecule has 1 atom stereocenters. The van der Waals surface area contributed by atoms with Gasteiger partial charge in [0.1, 0.15) is 0 Å². The second-order valence-electron chi connectivity index (χ2n) is 6.24. The highest BCUT2D eigenvalue weighted by atomic mass is 16.2. The van der Waals surface area contributed by atoms with E-state index < -0.39 is 0 Å². The molecule has 20 heavy (non-hydrogen) atoms. The lowest BCUT2D eigenvalue weighted by Crippen LogP contribution is -2.33. The van der Waals surface area contributed by atoms with Crippen molar-refractivity contribution in [1.82, 2.24) is 14.8 Å². The van der Waals surface area contributed by atoms with Gasteiger partial charge in [-0.2, -0.15) is 0 Å². The molecule has 0 N–H and O–H groups in total. The number of hydrogen-bond donors (Lipinski definition) is 0. The van der Waals surface area contributed by atoms with Crippen molar-refractivity contribution >= 4 is 5.91 Å². The highest BCUT2D eigenvalue weighted by Crippen LogP contribution is 2.41. The van der Waals surface area contributed by atoms with E-state index in [4.69, 9.17) is 0 Å². The largest absolute Gasteiger partial charge is 0.345 e. The van der Waals surface area contributed by atoms with E-state index in [2.05, 4.69) is 22.0 Å². The minimum Gasteiger partial charge on any atom is -0.345 e. The van der Waals surface area contributed by atoms with E-state index in [1.807, 2.05) is 24.3 Å². The summed E-state index contributed by atoms with van der Waals surface area (Å²) in [5, 5.41) is 0. The molecule has 1 aromatic rings. The number of amides is 1. The smallest absolute Gasteiger partial charge is 0.228 e. The van der Waals surface area contributed by atoms with Gasteiger partial charge >= 0.3 is 0 Å². The van der Waals surface area contributed by atoms with Gasteiger partial charge in [0, 0.05) is 32.5 Å². The second kappa shape index (κ2) is 5.52. The third-order valence-corrected chi connectivity index (χ3v) is 4.92. The number of carbonyl (C=O) groups excluding carboxylic acids is 1. The number of pyridine rings is 1. The first kappa shape index (κ1) is 13.6. The molecule has 1 unspecified atom stereocenters. The minimum atomic E-state index is -0.0538. The van der Waals surface area contributed by atoms with Crippen LogP contribution in [0.3, 0.4) is 0 Å². The number of aromatic nitrogens is 1. The average molecular weight is 273 g/mol. The van der Waals surface area contributed by atoms with Gasteiger partial charge in [0.05, 0.1) is 5.41 Å². The lowest BCUT2D eigenvalue weighted by Gasteiger charge is -2.25. The van der Waals surface area contributed by atoms with E-state index in [1.165, 1.54) is 5.56 Å². The Morgan fingerprint density at radius 1 is 1.15 bits per heavy atom. The Bertz CT molecular complexity index is 476. The minimum absolute atomic E-state index is 0.0538. The first-order valence-electron chi connectivity index (χ1n) is 7.56. The number of hydrogen-bond acceptors (Lipinski definition) is 3. The number of likely N-dealkylation sites (tertiary alicyclic amines) is 2. The Hall–Kier alpha value is -1.42. The summed E-state index contributed by atoms with van der Waals surface area (Å²) >= 11 is 0. The van der Waals surface area contributed by atoms with Gasteiger partial charge in [0.2, 0.25) is 5.91 Å². The standard InChI is InChI=1S/C16H23N3O/c1-18-11-6-16(15(18)20)5-2-10-19(12-7-16)13-14-3-8-17-9-4-14/h3-4,8-9H,2,5-7,10-13H2,1H3. The second-order valence-corrected chi connectivity index (χ2v) is 6.24. The van der Waals surface area contributed by atoms with E-state index in [-0.39, 0.29) is 5.41 Å². The molecule has 4 nitrogen and oxygen atoms in total. The number of carbonyl (C=O) groups is 1. The molecule has 0 radical (unpaired) electrons. The summed E-state index contributed by atoms with van der Waals surface area (Å²) in [6, 6.07) is 4.16. The molecule has 3 rings (SSSR count). The molecule has 0 saturated carbocycles. The van der Waals surface area contributed by atoms with Gasteiger partial charge in [0.15, 0.2) is 0 Å². The fourth-order valence-corrected chi connectivity index (χ4v) is 3.61. The summed E-state index contributed by atoms with van der Waals surface area (Å²) < 4.78 is 0. The Labute approximate surface area is 120 Å². The van der Waals surface area contributed by atoms with E-state index in [0.29, 0.717) is 5.91 Å². The maximum atomic E-state index is 12.4. The molecule has 1 aromatic heterocycles. The van der Waals surface area contributed by atoms with Gasteiger partial charge in [-0.3, -0.25) is 14.7 Å². The van der Waals surface area contributed by atoms with Crippen molar-refractivity contribution in [3.63, 3.8) is 0 Å². The predicted molar refractivity (Wildman–Crippen MR) is 78.1 cm³/mol. The highest BCUT2D eigenvalue weighted by molar-refractivity contribution is 5.84.